The number of rotatable bonds is 4. The third-order valence-electron chi connectivity index (χ3n) is 2.41. The third-order valence-corrected chi connectivity index (χ3v) is 4.42. The summed E-state index contributed by atoms with van der Waals surface area (Å²) in [4.78, 5) is 11.4. The predicted octanol–water partition coefficient (Wildman–Crippen LogP) is 1.76. The van der Waals surface area contributed by atoms with Crippen LogP contribution in [0.1, 0.15) is 10.4 Å². The number of aromatic amines is 1. The van der Waals surface area contributed by atoms with Gasteiger partial charge in [-0.3, -0.25) is 9.82 Å². The van der Waals surface area contributed by atoms with Gasteiger partial charge in [0.15, 0.2) is 0 Å². The summed E-state index contributed by atoms with van der Waals surface area (Å²) in [7, 11) is -2.76. The highest BCUT2D eigenvalue weighted by atomic mass is 79.9. The number of methoxy groups -OCH3 is 1. The van der Waals surface area contributed by atoms with Crippen LogP contribution in [0.25, 0.3) is 0 Å². The van der Waals surface area contributed by atoms with Gasteiger partial charge in [-0.2, -0.15) is 5.10 Å². The van der Waals surface area contributed by atoms with Crippen LogP contribution in [0.3, 0.4) is 0 Å². The van der Waals surface area contributed by atoms with E-state index in [1.165, 1.54) is 31.5 Å². The van der Waals surface area contributed by atoms with Crippen molar-refractivity contribution in [2.45, 2.75) is 4.90 Å². The molecular formula is C11H10BrN3O4S. The molecule has 1 aromatic carbocycles. The molecular weight excluding hydrogens is 350 g/mol. The molecule has 7 nitrogen and oxygen atoms in total. The van der Waals surface area contributed by atoms with E-state index in [4.69, 9.17) is 0 Å². The first-order valence-corrected chi connectivity index (χ1v) is 7.62. The molecule has 2 N–H and O–H groups in total. The largest absolute Gasteiger partial charge is 0.465 e. The number of nitrogens with one attached hydrogen (secondary N) is 2. The minimum Gasteiger partial charge on any atom is -0.465 e. The summed E-state index contributed by atoms with van der Waals surface area (Å²) in [5.74, 6) is -0.556. The van der Waals surface area contributed by atoms with Gasteiger partial charge in [-0.1, -0.05) is 12.1 Å². The average Bonchev–Trinajstić information content (AvgIpc) is 2.83. The van der Waals surface area contributed by atoms with Crippen LogP contribution in [0.5, 0.6) is 0 Å². The Hall–Kier alpha value is -1.87. The summed E-state index contributed by atoms with van der Waals surface area (Å²) in [6, 6.07) is 5.77. The first-order valence-electron chi connectivity index (χ1n) is 5.34. The number of esters is 1. The van der Waals surface area contributed by atoms with Crippen molar-refractivity contribution >= 4 is 37.7 Å². The molecule has 1 heterocycles. The van der Waals surface area contributed by atoms with E-state index in [9.17, 15) is 13.2 Å². The third kappa shape index (κ3) is 2.83. The summed E-state index contributed by atoms with van der Waals surface area (Å²) in [5, 5.41) is 6.17. The van der Waals surface area contributed by atoms with Crippen molar-refractivity contribution in [3.8, 4) is 0 Å². The lowest BCUT2D eigenvalue weighted by atomic mass is 10.2. The van der Waals surface area contributed by atoms with Crippen LogP contribution in [-0.4, -0.2) is 31.7 Å². The number of sulfonamides is 1. The highest BCUT2D eigenvalue weighted by molar-refractivity contribution is 9.10. The molecule has 20 heavy (non-hydrogen) atoms. The summed E-state index contributed by atoms with van der Waals surface area (Å²) < 4.78 is 31.9. The van der Waals surface area contributed by atoms with E-state index in [-0.39, 0.29) is 16.3 Å². The molecule has 0 amide bonds. The molecule has 1 aromatic heterocycles. The quantitative estimate of drug-likeness (QED) is 0.809. The molecule has 0 aliphatic carbocycles. The fourth-order valence-corrected chi connectivity index (χ4v) is 3.17. The smallest absolute Gasteiger partial charge is 0.339 e. The number of carbonyl (C=O) groups excluding carboxylic acids is 1. The molecule has 0 radical (unpaired) electrons. The monoisotopic (exact) mass is 359 g/mol. The lowest BCUT2D eigenvalue weighted by molar-refractivity contribution is 0.0596. The van der Waals surface area contributed by atoms with Crippen LogP contribution in [0.15, 0.2) is 39.8 Å². The van der Waals surface area contributed by atoms with Gasteiger partial charge in [-0.15, -0.1) is 0 Å². The highest BCUT2D eigenvalue weighted by Crippen LogP contribution is 2.23. The maximum absolute atomic E-state index is 12.3. The predicted molar refractivity (Wildman–Crippen MR) is 74.9 cm³/mol. The molecule has 0 bridgehead atoms. The number of carbonyl (C=O) groups is 1. The fourth-order valence-electron chi connectivity index (χ4n) is 1.51. The zero-order chi connectivity index (χ0) is 14.8. The molecule has 106 valence electrons. The Morgan fingerprint density at radius 3 is 2.70 bits per heavy atom. The topological polar surface area (TPSA) is 101 Å². The molecule has 0 aliphatic rings. The molecule has 2 aromatic rings. The molecule has 0 saturated heterocycles. The molecule has 0 fully saturated rings. The number of benzene rings is 1. The number of halogens is 1. The first-order chi connectivity index (χ1) is 9.45. The van der Waals surface area contributed by atoms with Crippen molar-refractivity contribution in [1.29, 1.82) is 0 Å². The van der Waals surface area contributed by atoms with Crippen LogP contribution in [0, 0.1) is 0 Å². The Bertz CT molecular complexity index is 742. The van der Waals surface area contributed by atoms with Gasteiger partial charge in [0.1, 0.15) is 10.7 Å². The first kappa shape index (κ1) is 14.5. The van der Waals surface area contributed by atoms with Gasteiger partial charge in [-0.25, -0.2) is 13.2 Å². The van der Waals surface area contributed by atoms with Crippen molar-refractivity contribution in [2.24, 2.45) is 0 Å². The highest BCUT2D eigenvalue weighted by Gasteiger charge is 2.23. The number of hydrogen-bond acceptors (Lipinski definition) is 5. The van der Waals surface area contributed by atoms with Crippen LogP contribution < -0.4 is 4.72 Å². The van der Waals surface area contributed by atoms with E-state index in [1.54, 1.807) is 6.07 Å². The maximum atomic E-state index is 12.3. The Balaban J connectivity index is 2.45. The lowest BCUT2D eigenvalue weighted by Crippen LogP contribution is -2.17. The number of anilines is 1. The molecule has 0 atom stereocenters. The standard InChI is InChI=1S/C11H10BrN3O4S/c1-19-11(16)7-4-2-3-5-9(7)20(17,18)15-10-8(12)6-13-14-10/h2-6H,1H3,(H2,13,14,15). The molecule has 0 saturated carbocycles. The molecule has 9 heteroatoms. The normalized spacial score (nSPS) is 11.1. The second kappa shape index (κ2) is 5.63. The number of aromatic nitrogens is 2. The van der Waals surface area contributed by atoms with Gasteiger partial charge < -0.3 is 4.74 Å². The van der Waals surface area contributed by atoms with Gasteiger partial charge in [0, 0.05) is 0 Å². The Morgan fingerprint density at radius 1 is 1.40 bits per heavy atom. The van der Waals surface area contributed by atoms with Crippen LogP contribution in [0.2, 0.25) is 0 Å². The fraction of sp³-hybridized carbons (Fsp3) is 0.0909. The minimum atomic E-state index is -3.94. The van der Waals surface area contributed by atoms with E-state index in [1.807, 2.05) is 0 Å². The van der Waals surface area contributed by atoms with Crippen molar-refractivity contribution in [3.05, 3.63) is 40.5 Å². The van der Waals surface area contributed by atoms with Crippen molar-refractivity contribution < 1.29 is 17.9 Å². The SMILES string of the molecule is COC(=O)c1ccccc1S(=O)(=O)Nc1[nH]ncc1Br. The van der Waals surface area contributed by atoms with Crippen molar-refractivity contribution in [3.63, 3.8) is 0 Å². The second-order valence-corrected chi connectivity index (χ2v) is 6.19. The molecule has 0 unspecified atom stereocenters. The van der Waals surface area contributed by atoms with Crippen LogP contribution >= 0.6 is 15.9 Å². The van der Waals surface area contributed by atoms with Crippen molar-refractivity contribution in [2.75, 3.05) is 11.8 Å². The summed E-state index contributed by atoms with van der Waals surface area (Å²) in [5.41, 5.74) is -0.0434. The lowest BCUT2D eigenvalue weighted by Gasteiger charge is -2.10. The van der Waals surface area contributed by atoms with Gasteiger partial charge >= 0.3 is 5.97 Å². The van der Waals surface area contributed by atoms with Gasteiger partial charge in [0.2, 0.25) is 0 Å². The average molecular weight is 360 g/mol. The number of H-pyrrole nitrogens is 1. The maximum Gasteiger partial charge on any atom is 0.339 e. The number of nitrogens with zero attached hydrogens (tertiary/aromatic N) is 1. The number of hydrogen-bond donors (Lipinski definition) is 2. The van der Waals surface area contributed by atoms with E-state index >= 15 is 0 Å². The summed E-state index contributed by atoms with van der Waals surface area (Å²) in [6.07, 6.45) is 1.41. The molecule has 0 spiro atoms. The van der Waals surface area contributed by atoms with Gasteiger partial charge in [0.25, 0.3) is 10.0 Å². The van der Waals surface area contributed by atoms with Crippen LogP contribution in [-0.2, 0) is 14.8 Å². The van der Waals surface area contributed by atoms with E-state index in [2.05, 4.69) is 35.6 Å². The van der Waals surface area contributed by atoms with Crippen LogP contribution in [0.4, 0.5) is 5.82 Å². The minimum absolute atomic E-state index is 0.0434. The summed E-state index contributed by atoms with van der Waals surface area (Å²) >= 11 is 3.14. The zero-order valence-corrected chi connectivity index (χ0v) is 12.7. The Labute approximate surface area is 123 Å². The number of ether oxygens (including phenoxy) is 1. The zero-order valence-electron chi connectivity index (χ0n) is 10.3. The van der Waals surface area contributed by atoms with Gasteiger partial charge in [0.05, 0.1) is 23.3 Å². The second-order valence-electron chi connectivity index (χ2n) is 3.69. The van der Waals surface area contributed by atoms with E-state index < -0.39 is 16.0 Å². The molecule has 2 rings (SSSR count). The molecule has 0 aliphatic heterocycles. The van der Waals surface area contributed by atoms with E-state index in [0.717, 1.165) is 0 Å². The van der Waals surface area contributed by atoms with Crippen molar-refractivity contribution in [1.82, 2.24) is 10.2 Å². The Kier molecular flexibility index (Phi) is 4.09. The van der Waals surface area contributed by atoms with Gasteiger partial charge in [-0.05, 0) is 28.1 Å². The Morgan fingerprint density at radius 2 is 2.10 bits per heavy atom. The summed E-state index contributed by atoms with van der Waals surface area (Å²) in [6.45, 7) is 0. The van der Waals surface area contributed by atoms with E-state index in [0.29, 0.717) is 4.47 Å².